The van der Waals surface area contributed by atoms with Crippen LogP contribution in [0.4, 0.5) is 0 Å². The maximum atomic E-state index is 4.72. The van der Waals surface area contributed by atoms with Crippen LogP contribution in [0.3, 0.4) is 0 Å². The molecule has 0 saturated carbocycles. The molecule has 0 amide bonds. The van der Waals surface area contributed by atoms with Gasteiger partial charge in [-0.15, -0.1) is 11.3 Å². The number of thiazole rings is 1. The fourth-order valence-corrected chi connectivity index (χ4v) is 2.95. The molecule has 7 heteroatoms. The predicted molar refractivity (Wildman–Crippen MR) is 86.3 cm³/mol. The van der Waals surface area contributed by atoms with E-state index in [0.29, 0.717) is 12.3 Å². The smallest absolute Gasteiger partial charge is 0.151 e. The van der Waals surface area contributed by atoms with Gasteiger partial charge in [-0.25, -0.2) is 14.6 Å². The summed E-state index contributed by atoms with van der Waals surface area (Å²) in [6, 6.07) is 0. The predicted octanol–water partition coefficient (Wildman–Crippen LogP) is 2.56. The summed E-state index contributed by atoms with van der Waals surface area (Å²) < 4.78 is 3.66. The van der Waals surface area contributed by atoms with E-state index in [1.54, 1.807) is 16.0 Å². The second kappa shape index (κ2) is 6.00. The van der Waals surface area contributed by atoms with Crippen molar-refractivity contribution in [2.24, 2.45) is 13.0 Å². The molecule has 3 aromatic heterocycles. The average Bonchev–Trinajstić information content (AvgIpc) is 3.11. The lowest BCUT2D eigenvalue weighted by Gasteiger charge is -2.01. The Bertz CT molecular complexity index is 767. The summed E-state index contributed by atoms with van der Waals surface area (Å²) in [6.45, 7) is 6.37. The van der Waals surface area contributed by atoms with Crippen molar-refractivity contribution in [2.75, 3.05) is 0 Å². The van der Waals surface area contributed by atoms with Gasteiger partial charge in [0.05, 0.1) is 29.5 Å². The molecule has 0 aliphatic rings. The van der Waals surface area contributed by atoms with Crippen LogP contribution < -0.4 is 0 Å². The van der Waals surface area contributed by atoms with Gasteiger partial charge >= 0.3 is 0 Å². The second-order valence-corrected chi connectivity index (χ2v) is 6.92. The van der Waals surface area contributed by atoms with E-state index >= 15 is 0 Å². The van der Waals surface area contributed by atoms with Crippen LogP contribution in [0.5, 0.6) is 0 Å². The standard InChI is InChI=1S/C15H20N6S/c1-10(2)5-14-18-15(6-12-9-22-11(3)17-12)21(19-14)13-7-16-20(4)8-13/h7-10H,5-6H2,1-4H3. The minimum absolute atomic E-state index is 0.527. The summed E-state index contributed by atoms with van der Waals surface area (Å²) in [5.41, 5.74) is 1.98. The number of rotatable bonds is 5. The van der Waals surface area contributed by atoms with E-state index in [-0.39, 0.29) is 0 Å². The van der Waals surface area contributed by atoms with E-state index in [4.69, 9.17) is 4.98 Å². The zero-order chi connectivity index (χ0) is 15.7. The lowest BCUT2D eigenvalue weighted by atomic mass is 10.1. The molecule has 22 heavy (non-hydrogen) atoms. The Morgan fingerprint density at radius 3 is 2.68 bits per heavy atom. The summed E-state index contributed by atoms with van der Waals surface area (Å²) >= 11 is 1.66. The van der Waals surface area contributed by atoms with E-state index in [1.165, 1.54) is 0 Å². The largest absolute Gasteiger partial charge is 0.274 e. The van der Waals surface area contributed by atoms with Crippen LogP contribution in [0.2, 0.25) is 0 Å². The summed E-state index contributed by atoms with van der Waals surface area (Å²) in [6.07, 6.45) is 5.31. The first-order valence-corrected chi connectivity index (χ1v) is 8.24. The second-order valence-electron chi connectivity index (χ2n) is 5.86. The number of nitrogens with zero attached hydrogens (tertiary/aromatic N) is 6. The molecule has 6 nitrogen and oxygen atoms in total. The fourth-order valence-electron chi connectivity index (χ4n) is 2.33. The van der Waals surface area contributed by atoms with Crippen LogP contribution in [0, 0.1) is 12.8 Å². The van der Waals surface area contributed by atoms with Crippen LogP contribution >= 0.6 is 11.3 Å². The third-order valence-electron chi connectivity index (χ3n) is 3.25. The highest BCUT2D eigenvalue weighted by atomic mass is 32.1. The van der Waals surface area contributed by atoms with Crippen molar-refractivity contribution in [2.45, 2.75) is 33.6 Å². The van der Waals surface area contributed by atoms with E-state index in [2.05, 4.69) is 34.4 Å². The van der Waals surface area contributed by atoms with Gasteiger partial charge in [-0.2, -0.15) is 10.2 Å². The zero-order valence-electron chi connectivity index (χ0n) is 13.3. The highest BCUT2D eigenvalue weighted by Crippen LogP contribution is 2.16. The molecule has 0 fully saturated rings. The van der Waals surface area contributed by atoms with Crippen LogP contribution in [-0.4, -0.2) is 29.5 Å². The van der Waals surface area contributed by atoms with E-state index in [9.17, 15) is 0 Å². The van der Waals surface area contributed by atoms with Crippen molar-refractivity contribution in [1.29, 1.82) is 0 Å². The number of hydrogen-bond acceptors (Lipinski definition) is 5. The Kier molecular flexibility index (Phi) is 4.06. The molecule has 0 atom stereocenters. The fraction of sp³-hybridized carbons (Fsp3) is 0.467. The van der Waals surface area contributed by atoms with E-state index in [1.807, 2.05) is 31.0 Å². The van der Waals surface area contributed by atoms with Crippen molar-refractivity contribution in [3.05, 3.63) is 40.1 Å². The van der Waals surface area contributed by atoms with Crippen molar-refractivity contribution in [1.82, 2.24) is 29.5 Å². The van der Waals surface area contributed by atoms with E-state index in [0.717, 1.165) is 34.5 Å². The minimum Gasteiger partial charge on any atom is -0.274 e. The maximum absolute atomic E-state index is 4.72. The molecule has 116 valence electrons. The summed E-state index contributed by atoms with van der Waals surface area (Å²) in [5.74, 6) is 2.31. The molecular formula is C15H20N6S. The zero-order valence-corrected chi connectivity index (χ0v) is 14.1. The average molecular weight is 316 g/mol. The highest BCUT2D eigenvalue weighted by molar-refractivity contribution is 7.09. The molecule has 3 heterocycles. The maximum Gasteiger partial charge on any atom is 0.151 e. The lowest BCUT2D eigenvalue weighted by molar-refractivity contribution is 0.618. The van der Waals surface area contributed by atoms with Crippen molar-refractivity contribution in [3.8, 4) is 5.69 Å². The van der Waals surface area contributed by atoms with Crippen LogP contribution in [0.1, 0.15) is 36.2 Å². The number of aryl methyl sites for hydroxylation is 2. The first kappa shape index (κ1) is 14.9. The van der Waals surface area contributed by atoms with Gasteiger partial charge in [0, 0.05) is 18.8 Å². The van der Waals surface area contributed by atoms with Gasteiger partial charge in [0.15, 0.2) is 5.82 Å². The third kappa shape index (κ3) is 3.24. The molecule has 0 radical (unpaired) electrons. The monoisotopic (exact) mass is 316 g/mol. The van der Waals surface area contributed by atoms with Crippen molar-refractivity contribution < 1.29 is 0 Å². The van der Waals surface area contributed by atoms with Gasteiger partial charge in [0.1, 0.15) is 11.5 Å². The Labute approximate surface area is 133 Å². The van der Waals surface area contributed by atoms with Gasteiger partial charge in [-0.1, -0.05) is 13.8 Å². The summed E-state index contributed by atoms with van der Waals surface area (Å²) in [5, 5.41) is 12.1. The normalized spacial score (nSPS) is 11.5. The summed E-state index contributed by atoms with van der Waals surface area (Å²) in [7, 11) is 1.90. The van der Waals surface area contributed by atoms with Gasteiger partial charge in [-0.05, 0) is 12.8 Å². The van der Waals surface area contributed by atoms with Crippen LogP contribution in [-0.2, 0) is 19.9 Å². The molecule has 3 rings (SSSR count). The Morgan fingerprint density at radius 1 is 1.27 bits per heavy atom. The molecule has 0 aromatic carbocycles. The molecule has 0 aliphatic carbocycles. The van der Waals surface area contributed by atoms with Crippen LogP contribution in [0.15, 0.2) is 17.8 Å². The first-order valence-electron chi connectivity index (χ1n) is 7.36. The molecule has 0 aliphatic heterocycles. The Morgan fingerprint density at radius 2 is 2.09 bits per heavy atom. The molecule has 3 aromatic rings. The minimum atomic E-state index is 0.527. The number of aromatic nitrogens is 6. The van der Waals surface area contributed by atoms with Gasteiger partial charge < -0.3 is 0 Å². The molecule has 0 N–H and O–H groups in total. The Balaban J connectivity index is 1.96. The SMILES string of the molecule is Cc1nc(Cc2nc(CC(C)C)nn2-c2cnn(C)c2)cs1. The Hall–Kier alpha value is -2.02. The first-order chi connectivity index (χ1) is 10.5. The van der Waals surface area contributed by atoms with Gasteiger partial charge in [0.2, 0.25) is 0 Å². The highest BCUT2D eigenvalue weighted by Gasteiger charge is 2.15. The topological polar surface area (TPSA) is 61.4 Å². The number of hydrogen-bond donors (Lipinski definition) is 0. The lowest BCUT2D eigenvalue weighted by Crippen LogP contribution is -2.03. The molecule has 0 bridgehead atoms. The van der Waals surface area contributed by atoms with Crippen molar-refractivity contribution in [3.63, 3.8) is 0 Å². The molecule has 0 saturated heterocycles. The summed E-state index contributed by atoms with van der Waals surface area (Å²) in [4.78, 5) is 9.25. The van der Waals surface area contributed by atoms with E-state index < -0.39 is 0 Å². The molecular weight excluding hydrogens is 296 g/mol. The van der Waals surface area contributed by atoms with Crippen molar-refractivity contribution >= 4 is 11.3 Å². The van der Waals surface area contributed by atoms with Gasteiger partial charge in [-0.3, -0.25) is 4.68 Å². The molecule has 0 unspecified atom stereocenters. The quantitative estimate of drug-likeness (QED) is 0.726. The van der Waals surface area contributed by atoms with Gasteiger partial charge in [0.25, 0.3) is 0 Å². The van der Waals surface area contributed by atoms with Crippen LogP contribution in [0.25, 0.3) is 5.69 Å². The third-order valence-corrected chi connectivity index (χ3v) is 4.07. The molecule has 0 spiro atoms.